The first-order valence-corrected chi connectivity index (χ1v) is 10.7. The highest BCUT2D eigenvalue weighted by atomic mass is 16.6. The summed E-state index contributed by atoms with van der Waals surface area (Å²) >= 11 is 0. The van der Waals surface area contributed by atoms with Crippen LogP contribution in [-0.2, 0) is 16.6 Å². The van der Waals surface area contributed by atoms with Gasteiger partial charge in [-0.05, 0) is 29.5 Å². The van der Waals surface area contributed by atoms with Crippen molar-refractivity contribution in [3.8, 4) is 11.1 Å². The van der Waals surface area contributed by atoms with E-state index in [9.17, 15) is 24.5 Å². The molecule has 35 heavy (non-hydrogen) atoms. The normalized spacial score (nSPS) is 10.7. The smallest absolute Gasteiger partial charge is 0.356 e. The number of carbonyl (C=O) groups excluding carboxylic acids is 2. The number of esters is 1. The van der Waals surface area contributed by atoms with Gasteiger partial charge in [0, 0.05) is 30.1 Å². The number of hydrogen-bond acceptors (Lipinski definition) is 6. The molecule has 0 bridgehead atoms. The molecule has 0 aliphatic carbocycles. The van der Waals surface area contributed by atoms with Crippen LogP contribution in [-0.4, -0.2) is 28.0 Å². The van der Waals surface area contributed by atoms with Crippen LogP contribution >= 0.6 is 0 Å². The number of hydrogen-bond donors (Lipinski definition) is 1. The molecule has 0 aliphatic heterocycles. The lowest BCUT2D eigenvalue weighted by atomic mass is 9.97. The third-order valence-corrected chi connectivity index (χ3v) is 5.60. The highest BCUT2D eigenvalue weighted by Crippen LogP contribution is 2.31. The summed E-state index contributed by atoms with van der Waals surface area (Å²) in [5.74, 6) is -1.52. The Hall–Kier alpha value is -4.79. The summed E-state index contributed by atoms with van der Waals surface area (Å²) in [4.78, 5) is 49.1. The Kier molecular flexibility index (Phi) is 6.41. The van der Waals surface area contributed by atoms with Crippen molar-refractivity contribution in [2.24, 2.45) is 7.05 Å². The van der Waals surface area contributed by atoms with Crippen LogP contribution < -0.4 is 10.9 Å². The van der Waals surface area contributed by atoms with Crippen molar-refractivity contribution in [1.82, 2.24) is 4.57 Å². The first-order valence-electron chi connectivity index (χ1n) is 10.7. The molecule has 1 N–H and O–H groups in total. The van der Waals surface area contributed by atoms with Gasteiger partial charge in [-0.15, -0.1) is 0 Å². The second-order valence-electron chi connectivity index (χ2n) is 7.88. The number of rotatable bonds is 6. The van der Waals surface area contributed by atoms with Crippen LogP contribution in [0.25, 0.3) is 21.9 Å². The number of ether oxygens (including phenoxy) is 1. The molecule has 0 saturated carbocycles. The van der Waals surface area contributed by atoms with Crippen LogP contribution in [0, 0.1) is 17.0 Å². The number of non-ortho nitro benzene ring substituents is 1. The summed E-state index contributed by atoms with van der Waals surface area (Å²) in [5, 5.41) is 14.6. The van der Waals surface area contributed by atoms with E-state index >= 15 is 0 Å². The number of nitro benzene ring substituents is 1. The molecular formula is C26H21N3O6. The summed E-state index contributed by atoms with van der Waals surface area (Å²) in [6.45, 7) is 1.04. The highest BCUT2D eigenvalue weighted by Gasteiger charge is 2.23. The van der Waals surface area contributed by atoms with Gasteiger partial charge in [-0.3, -0.25) is 19.7 Å². The first kappa shape index (κ1) is 23.4. The second-order valence-corrected chi connectivity index (χ2v) is 7.88. The van der Waals surface area contributed by atoms with Gasteiger partial charge in [0.05, 0.1) is 10.6 Å². The molecular weight excluding hydrogens is 450 g/mol. The van der Waals surface area contributed by atoms with Gasteiger partial charge in [0.2, 0.25) is 0 Å². The van der Waals surface area contributed by atoms with E-state index < -0.39 is 23.4 Å². The summed E-state index contributed by atoms with van der Waals surface area (Å²) in [5.41, 5.74) is 1.54. The topological polar surface area (TPSA) is 121 Å². The van der Waals surface area contributed by atoms with E-state index in [1.807, 2.05) is 30.3 Å². The zero-order valence-corrected chi connectivity index (χ0v) is 19.0. The van der Waals surface area contributed by atoms with Crippen LogP contribution in [0.4, 0.5) is 11.4 Å². The molecule has 176 valence electrons. The molecule has 0 radical (unpaired) electrons. The summed E-state index contributed by atoms with van der Waals surface area (Å²) in [7, 11) is 1.48. The van der Waals surface area contributed by atoms with Crippen molar-refractivity contribution in [1.29, 1.82) is 0 Å². The third kappa shape index (κ3) is 4.65. The molecule has 1 amide bonds. The number of nitro groups is 1. The minimum Gasteiger partial charge on any atom is -0.451 e. The van der Waals surface area contributed by atoms with E-state index in [1.165, 1.54) is 29.8 Å². The molecule has 0 spiro atoms. The molecule has 4 rings (SSSR count). The number of pyridine rings is 1. The number of fused-ring (bicyclic) bond motifs is 1. The molecule has 0 aliphatic rings. The van der Waals surface area contributed by atoms with Crippen LogP contribution in [0.15, 0.2) is 77.6 Å². The number of aryl methyl sites for hydroxylation is 1. The predicted molar refractivity (Wildman–Crippen MR) is 131 cm³/mol. The quantitative estimate of drug-likeness (QED) is 0.255. The van der Waals surface area contributed by atoms with E-state index in [0.717, 1.165) is 0 Å². The predicted octanol–water partition coefficient (Wildman–Crippen LogP) is 4.22. The number of benzene rings is 3. The van der Waals surface area contributed by atoms with Crippen molar-refractivity contribution in [2.75, 3.05) is 11.9 Å². The zero-order chi connectivity index (χ0) is 25.1. The van der Waals surface area contributed by atoms with Gasteiger partial charge < -0.3 is 14.6 Å². The van der Waals surface area contributed by atoms with Crippen LogP contribution in [0.3, 0.4) is 0 Å². The molecule has 1 heterocycles. The Balaban J connectivity index is 1.65. The fourth-order valence-corrected chi connectivity index (χ4v) is 3.85. The number of amides is 1. The van der Waals surface area contributed by atoms with Gasteiger partial charge in [-0.25, -0.2) is 4.79 Å². The van der Waals surface area contributed by atoms with E-state index in [-0.39, 0.29) is 22.6 Å². The van der Waals surface area contributed by atoms with E-state index in [2.05, 4.69) is 5.32 Å². The van der Waals surface area contributed by atoms with E-state index in [1.54, 1.807) is 31.2 Å². The van der Waals surface area contributed by atoms with Crippen molar-refractivity contribution >= 4 is 34.0 Å². The Labute approximate surface area is 199 Å². The van der Waals surface area contributed by atoms with Crippen LogP contribution in [0.1, 0.15) is 16.1 Å². The number of nitrogens with one attached hydrogen (secondary N) is 1. The average Bonchev–Trinajstić information content (AvgIpc) is 2.86. The van der Waals surface area contributed by atoms with Gasteiger partial charge in [0.15, 0.2) is 6.61 Å². The number of carbonyl (C=O) groups is 2. The lowest BCUT2D eigenvalue weighted by Crippen LogP contribution is -2.28. The Bertz CT molecular complexity index is 1530. The van der Waals surface area contributed by atoms with Crippen molar-refractivity contribution in [3.05, 3.63) is 105 Å². The standard InChI is InChI=1S/C26H21N3O6/c1-16-12-13-18(29(33)34)14-21(16)27-22(30)15-35-26(32)24-23(17-8-4-3-5-9-17)19-10-6-7-11-20(19)25(31)28(24)2/h3-14H,15H2,1-2H3,(H,27,30). The largest absolute Gasteiger partial charge is 0.451 e. The summed E-state index contributed by atoms with van der Waals surface area (Å²) in [6.07, 6.45) is 0. The molecule has 3 aromatic carbocycles. The number of aromatic nitrogens is 1. The van der Waals surface area contributed by atoms with Crippen molar-refractivity contribution < 1.29 is 19.2 Å². The maximum absolute atomic E-state index is 13.2. The Morgan fingerprint density at radius 1 is 1.00 bits per heavy atom. The third-order valence-electron chi connectivity index (χ3n) is 5.60. The van der Waals surface area contributed by atoms with E-state index in [4.69, 9.17) is 4.74 Å². The van der Waals surface area contributed by atoms with Gasteiger partial charge in [-0.2, -0.15) is 0 Å². The Morgan fingerprint density at radius 2 is 1.66 bits per heavy atom. The fourth-order valence-electron chi connectivity index (χ4n) is 3.85. The molecule has 0 atom stereocenters. The van der Waals surface area contributed by atoms with Gasteiger partial charge in [0.1, 0.15) is 5.69 Å². The maximum atomic E-state index is 13.2. The number of anilines is 1. The minimum absolute atomic E-state index is 0.0132. The monoisotopic (exact) mass is 471 g/mol. The molecule has 9 nitrogen and oxygen atoms in total. The van der Waals surface area contributed by atoms with Crippen molar-refractivity contribution in [3.63, 3.8) is 0 Å². The zero-order valence-electron chi connectivity index (χ0n) is 19.0. The minimum atomic E-state index is -0.847. The summed E-state index contributed by atoms with van der Waals surface area (Å²) in [6, 6.07) is 20.2. The summed E-state index contributed by atoms with van der Waals surface area (Å²) < 4.78 is 6.50. The first-order chi connectivity index (χ1) is 16.8. The lowest BCUT2D eigenvalue weighted by Gasteiger charge is -2.17. The Morgan fingerprint density at radius 3 is 2.34 bits per heavy atom. The van der Waals surface area contributed by atoms with Crippen LogP contribution in [0.2, 0.25) is 0 Å². The van der Waals surface area contributed by atoms with Gasteiger partial charge >= 0.3 is 5.97 Å². The molecule has 0 saturated heterocycles. The van der Waals surface area contributed by atoms with Gasteiger partial charge in [-0.1, -0.05) is 54.6 Å². The highest BCUT2D eigenvalue weighted by molar-refractivity contribution is 6.07. The average molecular weight is 471 g/mol. The van der Waals surface area contributed by atoms with Crippen molar-refractivity contribution in [2.45, 2.75) is 6.92 Å². The molecule has 9 heteroatoms. The number of nitrogens with zero attached hydrogens (tertiary/aromatic N) is 2. The molecule has 0 unspecified atom stereocenters. The SMILES string of the molecule is Cc1ccc([N+](=O)[O-])cc1NC(=O)COC(=O)c1c(-c2ccccc2)c2ccccc2c(=O)n1C. The van der Waals surface area contributed by atoms with Crippen LogP contribution in [0.5, 0.6) is 0 Å². The molecule has 4 aromatic rings. The van der Waals surface area contributed by atoms with E-state index in [0.29, 0.717) is 27.5 Å². The molecule has 0 fully saturated rings. The molecule has 1 aromatic heterocycles. The maximum Gasteiger partial charge on any atom is 0.356 e. The fraction of sp³-hybridized carbons (Fsp3) is 0.115. The second kappa shape index (κ2) is 9.60. The van der Waals surface area contributed by atoms with Gasteiger partial charge in [0.25, 0.3) is 17.2 Å². The lowest BCUT2D eigenvalue weighted by molar-refractivity contribution is -0.384.